The summed E-state index contributed by atoms with van der Waals surface area (Å²) in [6.07, 6.45) is 2.42. The fourth-order valence-corrected chi connectivity index (χ4v) is 4.46. The maximum atomic E-state index is 5.86. The minimum atomic E-state index is 0.0564. The molecule has 0 radical (unpaired) electrons. The molecule has 0 spiro atoms. The van der Waals surface area contributed by atoms with Crippen LogP contribution in [0, 0.1) is 0 Å². The summed E-state index contributed by atoms with van der Waals surface area (Å²) in [5.41, 5.74) is 6.01. The van der Waals surface area contributed by atoms with E-state index in [1.54, 1.807) is 0 Å². The fraction of sp³-hybridized carbons (Fsp3) is 0.500. The Balaban J connectivity index is 1.96. The van der Waals surface area contributed by atoms with E-state index in [-0.39, 0.29) is 16.9 Å². The second-order valence-electron chi connectivity index (χ2n) is 8.93. The molecule has 0 saturated carbocycles. The van der Waals surface area contributed by atoms with Gasteiger partial charge in [0.05, 0.1) is 6.10 Å². The lowest BCUT2D eigenvalue weighted by atomic mass is 9.61. The predicted molar refractivity (Wildman–Crippen MR) is 106 cm³/mol. The molecule has 0 heterocycles. The Morgan fingerprint density at radius 2 is 1.68 bits per heavy atom. The molecule has 2 aromatic rings. The van der Waals surface area contributed by atoms with E-state index in [1.165, 1.54) is 22.3 Å². The number of ether oxygens (including phenoxy) is 1. The van der Waals surface area contributed by atoms with Crippen molar-refractivity contribution in [2.45, 2.75) is 70.3 Å². The monoisotopic (exact) mass is 336 g/mol. The van der Waals surface area contributed by atoms with Crippen LogP contribution in [0.5, 0.6) is 0 Å². The molecule has 0 saturated heterocycles. The van der Waals surface area contributed by atoms with Crippen LogP contribution in [0.3, 0.4) is 0 Å². The van der Waals surface area contributed by atoms with Crippen molar-refractivity contribution >= 4 is 0 Å². The molecule has 1 nitrogen and oxygen atoms in total. The number of rotatable bonds is 4. The van der Waals surface area contributed by atoms with E-state index in [4.69, 9.17) is 4.74 Å². The van der Waals surface area contributed by atoms with Crippen LogP contribution in [0.4, 0.5) is 0 Å². The molecule has 0 bridgehead atoms. The second kappa shape index (κ2) is 6.61. The molecule has 2 aromatic carbocycles. The quantitative estimate of drug-likeness (QED) is 0.664. The summed E-state index contributed by atoms with van der Waals surface area (Å²) in [5.74, 6) is 0.520. The van der Waals surface area contributed by atoms with Crippen molar-refractivity contribution in [3.63, 3.8) is 0 Å². The van der Waals surface area contributed by atoms with Gasteiger partial charge in [0.1, 0.15) is 0 Å². The van der Waals surface area contributed by atoms with Gasteiger partial charge >= 0.3 is 0 Å². The Morgan fingerprint density at radius 1 is 1.00 bits per heavy atom. The predicted octanol–water partition coefficient (Wildman–Crippen LogP) is 6.01. The number of benzene rings is 2. The standard InChI is InChI=1S/C24H32O/c1-17(14-18-10-8-7-9-11-18)19-12-13-20-21(15-19)23(2,3)16-22(25-6)24(20,4)5/h7-13,15,17,22H,14,16H2,1-6H3. The third-order valence-electron chi connectivity index (χ3n) is 6.21. The molecule has 0 N–H and O–H groups in total. The molecule has 0 amide bonds. The molecular weight excluding hydrogens is 304 g/mol. The summed E-state index contributed by atoms with van der Waals surface area (Å²) in [6.45, 7) is 11.7. The molecule has 0 aliphatic heterocycles. The Morgan fingerprint density at radius 3 is 2.32 bits per heavy atom. The summed E-state index contributed by atoms with van der Waals surface area (Å²) in [4.78, 5) is 0. The van der Waals surface area contributed by atoms with Crippen molar-refractivity contribution in [1.82, 2.24) is 0 Å². The molecule has 1 aliphatic carbocycles. The third-order valence-corrected chi connectivity index (χ3v) is 6.21. The van der Waals surface area contributed by atoms with Crippen LogP contribution in [0.15, 0.2) is 48.5 Å². The lowest BCUT2D eigenvalue weighted by molar-refractivity contribution is 0.0142. The van der Waals surface area contributed by atoms with Crippen molar-refractivity contribution in [3.05, 3.63) is 70.8 Å². The van der Waals surface area contributed by atoms with Crippen molar-refractivity contribution in [3.8, 4) is 0 Å². The highest BCUT2D eigenvalue weighted by molar-refractivity contribution is 5.45. The van der Waals surface area contributed by atoms with E-state index in [1.807, 2.05) is 7.11 Å². The molecule has 25 heavy (non-hydrogen) atoms. The highest BCUT2D eigenvalue weighted by Crippen LogP contribution is 2.47. The molecule has 0 fully saturated rings. The van der Waals surface area contributed by atoms with Gasteiger partial charge in [-0.1, -0.05) is 83.1 Å². The minimum absolute atomic E-state index is 0.0564. The van der Waals surface area contributed by atoms with E-state index in [9.17, 15) is 0 Å². The SMILES string of the molecule is COC1CC(C)(C)c2cc(C(C)Cc3ccccc3)ccc2C1(C)C. The Kier molecular flexibility index (Phi) is 4.81. The van der Waals surface area contributed by atoms with Crippen molar-refractivity contribution < 1.29 is 4.74 Å². The lowest BCUT2D eigenvalue weighted by Gasteiger charge is -2.47. The molecule has 2 unspecified atom stereocenters. The fourth-order valence-electron chi connectivity index (χ4n) is 4.46. The first-order valence-corrected chi connectivity index (χ1v) is 9.47. The maximum Gasteiger partial charge on any atom is 0.0670 e. The van der Waals surface area contributed by atoms with Crippen molar-refractivity contribution in [2.75, 3.05) is 7.11 Å². The summed E-state index contributed by atoms with van der Waals surface area (Å²) >= 11 is 0. The zero-order valence-electron chi connectivity index (χ0n) is 16.6. The number of hydrogen-bond acceptors (Lipinski definition) is 1. The van der Waals surface area contributed by atoms with Gasteiger partial charge in [-0.2, -0.15) is 0 Å². The van der Waals surface area contributed by atoms with Crippen molar-refractivity contribution in [1.29, 1.82) is 0 Å². The molecule has 2 atom stereocenters. The first-order chi connectivity index (χ1) is 11.8. The minimum Gasteiger partial charge on any atom is -0.381 e. The van der Waals surface area contributed by atoms with Gasteiger partial charge in [-0.3, -0.25) is 0 Å². The third kappa shape index (κ3) is 3.40. The van der Waals surface area contributed by atoms with Crippen LogP contribution in [-0.4, -0.2) is 13.2 Å². The van der Waals surface area contributed by atoms with Gasteiger partial charge in [0.2, 0.25) is 0 Å². The van der Waals surface area contributed by atoms with Gasteiger partial charge in [0.15, 0.2) is 0 Å². The topological polar surface area (TPSA) is 9.23 Å². The molecular formula is C24H32O. The number of methoxy groups -OCH3 is 1. The van der Waals surface area contributed by atoms with Crippen LogP contribution in [-0.2, 0) is 22.0 Å². The van der Waals surface area contributed by atoms with Gasteiger partial charge in [0.25, 0.3) is 0 Å². The highest BCUT2D eigenvalue weighted by Gasteiger charge is 2.44. The van der Waals surface area contributed by atoms with Crippen molar-refractivity contribution in [2.24, 2.45) is 0 Å². The van der Waals surface area contributed by atoms with Gasteiger partial charge in [0, 0.05) is 12.5 Å². The van der Waals surface area contributed by atoms with Crippen LogP contribution < -0.4 is 0 Å². The summed E-state index contributed by atoms with van der Waals surface area (Å²) in [7, 11) is 1.85. The summed E-state index contributed by atoms with van der Waals surface area (Å²) in [5, 5.41) is 0. The summed E-state index contributed by atoms with van der Waals surface area (Å²) in [6, 6.07) is 18.0. The second-order valence-corrected chi connectivity index (χ2v) is 8.93. The normalized spacial score (nSPS) is 22.2. The Bertz CT molecular complexity index is 727. The van der Waals surface area contributed by atoms with Gasteiger partial charge in [-0.25, -0.2) is 0 Å². The zero-order valence-corrected chi connectivity index (χ0v) is 16.6. The Labute approximate surface area is 153 Å². The average molecular weight is 337 g/mol. The molecule has 0 aromatic heterocycles. The Hall–Kier alpha value is -1.60. The largest absolute Gasteiger partial charge is 0.381 e. The molecule has 1 heteroatoms. The summed E-state index contributed by atoms with van der Waals surface area (Å²) < 4.78 is 5.86. The maximum absolute atomic E-state index is 5.86. The first-order valence-electron chi connectivity index (χ1n) is 9.47. The first kappa shape index (κ1) is 18.2. The molecule has 134 valence electrons. The number of hydrogen-bond donors (Lipinski definition) is 0. The smallest absolute Gasteiger partial charge is 0.0670 e. The lowest BCUT2D eigenvalue weighted by Crippen LogP contribution is -2.46. The van der Waals surface area contributed by atoms with E-state index < -0.39 is 0 Å². The zero-order chi connectivity index (χ0) is 18.2. The van der Waals surface area contributed by atoms with Crippen LogP contribution in [0.1, 0.15) is 69.2 Å². The highest BCUT2D eigenvalue weighted by atomic mass is 16.5. The number of fused-ring (bicyclic) bond motifs is 1. The van der Waals surface area contributed by atoms with E-state index in [0.717, 1.165) is 12.8 Å². The van der Waals surface area contributed by atoms with E-state index in [0.29, 0.717) is 5.92 Å². The van der Waals surface area contributed by atoms with E-state index in [2.05, 4.69) is 83.1 Å². The molecule has 3 rings (SSSR count). The van der Waals surface area contributed by atoms with Gasteiger partial charge in [-0.15, -0.1) is 0 Å². The van der Waals surface area contributed by atoms with Gasteiger partial charge < -0.3 is 4.74 Å². The molecule has 1 aliphatic rings. The van der Waals surface area contributed by atoms with Crippen LogP contribution in [0.25, 0.3) is 0 Å². The van der Waals surface area contributed by atoms with Crippen LogP contribution >= 0.6 is 0 Å². The van der Waals surface area contributed by atoms with E-state index >= 15 is 0 Å². The van der Waals surface area contributed by atoms with Crippen LogP contribution in [0.2, 0.25) is 0 Å². The van der Waals surface area contributed by atoms with Gasteiger partial charge in [-0.05, 0) is 46.4 Å². The average Bonchev–Trinajstić information content (AvgIpc) is 2.59.